The number of methoxy groups -OCH3 is 2. The van der Waals surface area contributed by atoms with Gasteiger partial charge in [-0.3, -0.25) is 0 Å². The minimum absolute atomic E-state index is 0.187. The first kappa shape index (κ1) is 28.3. The minimum atomic E-state index is 0.187. The summed E-state index contributed by atoms with van der Waals surface area (Å²) in [6, 6.07) is 2.39. The molecule has 0 N–H and O–H groups in total. The van der Waals surface area contributed by atoms with Gasteiger partial charge in [0.1, 0.15) is 13.6 Å². The van der Waals surface area contributed by atoms with Crippen LogP contribution in [-0.4, -0.2) is 40.0 Å². The first-order chi connectivity index (χ1) is 17.3. The van der Waals surface area contributed by atoms with Crippen molar-refractivity contribution >= 4 is 0 Å². The maximum absolute atomic E-state index is 9.32. The van der Waals surface area contributed by atoms with Gasteiger partial charge in [0.2, 0.25) is 0 Å². The topological polar surface area (TPSA) is 60.7 Å². The van der Waals surface area contributed by atoms with Crippen LogP contribution < -0.4 is 0 Å². The van der Waals surface area contributed by atoms with Crippen LogP contribution >= 0.6 is 0 Å². The molecule has 206 valence electrons. The lowest BCUT2D eigenvalue weighted by Gasteiger charge is -2.65. The molecular weight excluding hydrogens is 450 g/mol. The largest absolute Gasteiger partial charge is 0.359 e. The van der Waals surface area contributed by atoms with Gasteiger partial charge in [-0.1, -0.05) is 47.5 Å². The summed E-state index contributed by atoms with van der Waals surface area (Å²) in [5.74, 6) is 4.87. The van der Waals surface area contributed by atoms with Gasteiger partial charge in [0.05, 0.1) is 18.3 Å². The molecule has 0 radical (unpaired) electrons. The first-order valence-corrected chi connectivity index (χ1v) is 14.8. The monoisotopic (exact) mass is 503 g/mol. The Morgan fingerprint density at radius 1 is 0.944 bits per heavy atom. The summed E-state index contributed by atoms with van der Waals surface area (Å²) in [4.78, 5) is 0. The van der Waals surface area contributed by atoms with Gasteiger partial charge in [-0.25, -0.2) is 0 Å². The van der Waals surface area contributed by atoms with Crippen LogP contribution in [0.3, 0.4) is 0 Å². The van der Waals surface area contributed by atoms with E-state index in [9.17, 15) is 5.26 Å². The molecule has 5 nitrogen and oxygen atoms in total. The quantitative estimate of drug-likeness (QED) is 0.299. The van der Waals surface area contributed by atoms with E-state index < -0.39 is 0 Å². The van der Waals surface area contributed by atoms with E-state index in [4.69, 9.17) is 18.9 Å². The van der Waals surface area contributed by atoms with Crippen LogP contribution in [0, 0.1) is 69.5 Å². The third kappa shape index (κ3) is 4.78. The molecule has 0 aromatic heterocycles. The summed E-state index contributed by atoms with van der Waals surface area (Å²) >= 11 is 0. The number of nitrogens with zero attached hydrogens (tertiary/aromatic N) is 1. The smallest absolute Gasteiger partial charge is 0.146 e. The molecule has 0 aromatic carbocycles. The average molecular weight is 504 g/mol. The Hall–Kier alpha value is -0.670. The summed E-state index contributed by atoms with van der Waals surface area (Å²) in [6.45, 7) is 13.2. The number of hydrogen-bond acceptors (Lipinski definition) is 5. The Bertz CT molecular complexity index is 768. The highest BCUT2D eigenvalue weighted by molar-refractivity contribution is 5.15. The molecule has 5 heteroatoms. The standard InChI is InChI=1S/C31H53NO4/c1-8-22-24-16-20(2)11-13-30(24,4)23-12-14-31(5)25(27(23)29(22)36-19-34-7)17-26(35-18-33-6)28(31)21(3)10-9-15-32/h20-29H,8-14,16-19H2,1-7H3/t20-,21-,22-,23?,24+,25?,26+,27?,28+,29?,30-,31+/m1/s1. The third-order valence-corrected chi connectivity index (χ3v) is 11.8. The highest BCUT2D eigenvalue weighted by atomic mass is 16.7. The van der Waals surface area contributed by atoms with Gasteiger partial charge in [0, 0.05) is 20.6 Å². The molecule has 4 saturated carbocycles. The SMILES string of the molecule is CC[C@H]1C(OCOC)C2C3C[C@H](OCOC)[C@H]([C@H](C)CCC#N)[C@@]3(C)CCC2[C@@]2(C)CC[C@@H](C)C[C@@H]12. The van der Waals surface area contributed by atoms with Gasteiger partial charge >= 0.3 is 0 Å². The number of ether oxygens (including phenoxy) is 4. The van der Waals surface area contributed by atoms with Gasteiger partial charge in [-0.15, -0.1) is 0 Å². The van der Waals surface area contributed by atoms with Gasteiger partial charge in [-0.2, -0.15) is 5.26 Å². The van der Waals surface area contributed by atoms with Crippen molar-refractivity contribution in [3.05, 3.63) is 0 Å². The summed E-state index contributed by atoms with van der Waals surface area (Å²) in [5, 5.41) is 9.32. The van der Waals surface area contributed by atoms with E-state index in [1.165, 1.54) is 38.5 Å². The number of hydrogen-bond donors (Lipinski definition) is 0. The Morgan fingerprint density at radius 3 is 2.31 bits per heavy atom. The van der Waals surface area contributed by atoms with Crippen molar-refractivity contribution in [2.24, 2.45) is 58.2 Å². The van der Waals surface area contributed by atoms with Crippen LogP contribution in [0.25, 0.3) is 0 Å². The van der Waals surface area contributed by atoms with Crippen molar-refractivity contribution in [3.8, 4) is 6.07 Å². The molecule has 36 heavy (non-hydrogen) atoms. The van der Waals surface area contributed by atoms with Crippen LogP contribution in [0.4, 0.5) is 0 Å². The lowest BCUT2D eigenvalue weighted by atomic mass is 9.41. The fraction of sp³-hybridized carbons (Fsp3) is 0.968. The van der Waals surface area contributed by atoms with Crippen LogP contribution in [0.1, 0.15) is 92.4 Å². The molecule has 4 aliphatic rings. The molecule has 4 aliphatic carbocycles. The summed E-state index contributed by atoms with van der Waals surface area (Å²) in [6.07, 6.45) is 10.9. The van der Waals surface area contributed by atoms with Crippen LogP contribution in [0.5, 0.6) is 0 Å². The highest BCUT2D eigenvalue weighted by Gasteiger charge is 2.67. The molecule has 4 rings (SSSR count). The lowest BCUT2D eigenvalue weighted by Crippen LogP contribution is -2.62. The summed E-state index contributed by atoms with van der Waals surface area (Å²) < 4.78 is 24.1. The maximum atomic E-state index is 9.32. The van der Waals surface area contributed by atoms with E-state index in [0.29, 0.717) is 60.9 Å². The second-order valence-electron chi connectivity index (χ2n) is 13.5. The molecule has 0 heterocycles. The fourth-order valence-corrected chi connectivity index (χ4v) is 10.4. The number of fused-ring (bicyclic) bond motifs is 5. The van der Waals surface area contributed by atoms with Crippen LogP contribution in [0.2, 0.25) is 0 Å². The van der Waals surface area contributed by atoms with Gasteiger partial charge in [-0.05, 0) is 96.7 Å². The predicted molar refractivity (Wildman–Crippen MR) is 142 cm³/mol. The van der Waals surface area contributed by atoms with E-state index in [1.807, 2.05) is 0 Å². The molecule has 0 aliphatic heterocycles. The molecule has 4 fully saturated rings. The van der Waals surface area contributed by atoms with Crippen molar-refractivity contribution in [2.75, 3.05) is 27.8 Å². The Morgan fingerprint density at radius 2 is 1.64 bits per heavy atom. The average Bonchev–Trinajstić information content (AvgIpc) is 3.17. The number of nitriles is 1. The molecule has 0 aromatic rings. The zero-order chi connectivity index (χ0) is 26.1. The van der Waals surface area contributed by atoms with E-state index in [2.05, 4.69) is 40.7 Å². The fourth-order valence-electron chi connectivity index (χ4n) is 10.4. The third-order valence-electron chi connectivity index (χ3n) is 11.8. The number of rotatable bonds is 10. The van der Waals surface area contributed by atoms with Gasteiger partial charge < -0.3 is 18.9 Å². The van der Waals surface area contributed by atoms with Crippen molar-refractivity contribution in [3.63, 3.8) is 0 Å². The van der Waals surface area contributed by atoms with Crippen molar-refractivity contribution in [2.45, 2.75) is 105 Å². The molecule has 0 bridgehead atoms. The Kier molecular flexibility index (Phi) is 9.13. The van der Waals surface area contributed by atoms with E-state index in [-0.39, 0.29) is 17.6 Å². The van der Waals surface area contributed by atoms with Crippen molar-refractivity contribution < 1.29 is 18.9 Å². The van der Waals surface area contributed by atoms with Crippen LogP contribution in [-0.2, 0) is 18.9 Å². The first-order valence-electron chi connectivity index (χ1n) is 14.8. The molecule has 12 atom stereocenters. The Labute approximate surface area is 221 Å². The minimum Gasteiger partial charge on any atom is -0.359 e. The zero-order valence-electron chi connectivity index (χ0n) is 24.1. The van der Waals surface area contributed by atoms with Crippen molar-refractivity contribution in [1.82, 2.24) is 0 Å². The molecule has 0 amide bonds. The Balaban J connectivity index is 1.74. The van der Waals surface area contributed by atoms with Gasteiger partial charge in [0.15, 0.2) is 0 Å². The summed E-state index contributed by atoms with van der Waals surface area (Å²) in [5.41, 5.74) is 0.603. The molecule has 0 spiro atoms. The zero-order valence-corrected chi connectivity index (χ0v) is 24.1. The van der Waals surface area contributed by atoms with E-state index >= 15 is 0 Å². The lowest BCUT2D eigenvalue weighted by molar-refractivity contribution is -0.231. The molecule has 4 unspecified atom stereocenters. The summed E-state index contributed by atoms with van der Waals surface area (Å²) in [7, 11) is 3.48. The second kappa shape index (κ2) is 11.6. The normalized spacial score (nSPS) is 46.9. The van der Waals surface area contributed by atoms with Crippen LogP contribution in [0.15, 0.2) is 0 Å². The highest BCUT2D eigenvalue weighted by Crippen LogP contribution is 2.70. The predicted octanol–water partition coefficient (Wildman–Crippen LogP) is 7.06. The molecule has 0 saturated heterocycles. The molecular formula is C31H53NO4. The van der Waals surface area contributed by atoms with Crippen molar-refractivity contribution in [1.29, 1.82) is 5.26 Å². The second-order valence-corrected chi connectivity index (χ2v) is 13.5. The maximum Gasteiger partial charge on any atom is 0.146 e. The van der Waals surface area contributed by atoms with E-state index in [0.717, 1.165) is 24.7 Å². The van der Waals surface area contributed by atoms with Gasteiger partial charge in [0.25, 0.3) is 0 Å². The van der Waals surface area contributed by atoms with E-state index in [1.54, 1.807) is 14.2 Å².